The van der Waals surface area contributed by atoms with Crippen molar-refractivity contribution in [2.45, 2.75) is 26.9 Å². The summed E-state index contributed by atoms with van der Waals surface area (Å²) in [5, 5.41) is 4.43. The number of hydrogen-bond donors (Lipinski definition) is 3. The molecule has 5 nitrogen and oxygen atoms in total. The van der Waals surface area contributed by atoms with Gasteiger partial charge in [-0.3, -0.25) is 15.6 Å². The highest BCUT2D eigenvalue weighted by Crippen LogP contribution is 2.27. The Hall–Kier alpha value is -2.02. The van der Waals surface area contributed by atoms with Crippen molar-refractivity contribution in [1.29, 1.82) is 0 Å². The molecule has 3 N–H and O–H groups in total. The minimum atomic E-state index is -0.723. The van der Waals surface area contributed by atoms with Crippen LogP contribution in [0.1, 0.15) is 18.1 Å². The number of amides is 1. The molecule has 0 aliphatic carbocycles. The van der Waals surface area contributed by atoms with Crippen LogP contribution < -0.4 is 20.9 Å². The third kappa shape index (κ3) is 5.76. The van der Waals surface area contributed by atoms with Gasteiger partial charge >= 0.3 is 0 Å². The Kier molecular flexibility index (Phi) is 7.08. The molecule has 0 saturated heterocycles. The summed E-state index contributed by atoms with van der Waals surface area (Å²) in [5.74, 6) is 0.276. The molecule has 0 aliphatic heterocycles. The largest absolute Gasteiger partial charge is 0.480 e. The highest BCUT2D eigenvalue weighted by molar-refractivity contribution is 7.80. The molecule has 0 aliphatic rings. The molecule has 138 valence electrons. The lowest BCUT2D eigenvalue weighted by molar-refractivity contribution is -0.127. The van der Waals surface area contributed by atoms with Crippen molar-refractivity contribution in [2.24, 2.45) is 0 Å². The Bertz CT molecular complexity index is 790. The Labute approximate surface area is 168 Å². The molecule has 26 heavy (non-hydrogen) atoms. The first kappa shape index (κ1) is 20.3. The van der Waals surface area contributed by atoms with Gasteiger partial charge in [-0.2, -0.15) is 0 Å². The van der Waals surface area contributed by atoms with Gasteiger partial charge in [0.15, 0.2) is 11.2 Å². The number of thiocarbonyl (C=S) groups is 1. The molecule has 0 unspecified atom stereocenters. The molecule has 0 heterocycles. The van der Waals surface area contributed by atoms with Gasteiger partial charge in [0, 0.05) is 15.7 Å². The molecular formula is C18H19Cl2N3O2S. The average molecular weight is 412 g/mol. The van der Waals surface area contributed by atoms with Gasteiger partial charge in [-0.05, 0) is 80.5 Å². The summed E-state index contributed by atoms with van der Waals surface area (Å²) in [4.78, 5) is 12.2. The lowest BCUT2D eigenvalue weighted by Gasteiger charge is -2.19. The Morgan fingerprint density at radius 3 is 2.19 bits per heavy atom. The van der Waals surface area contributed by atoms with Crippen LogP contribution in [0.2, 0.25) is 10.0 Å². The predicted molar refractivity (Wildman–Crippen MR) is 110 cm³/mol. The fraction of sp³-hybridized carbons (Fsp3) is 0.222. The molecule has 1 amide bonds. The predicted octanol–water partition coefficient (Wildman–Crippen LogP) is 4.40. The van der Waals surface area contributed by atoms with Crippen molar-refractivity contribution in [3.63, 3.8) is 0 Å². The van der Waals surface area contributed by atoms with E-state index in [0.29, 0.717) is 15.8 Å². The molecule has 0 radical (unpaired) electrons. The summed E-state index contributed by atoms with van der Waals surface area (Å²) < 4.78 is 5.77. The number of carbonyl (C=O) groups excluding carboxylic acids is 1. The first-order valence-electron chi connectivity index (χ1n) is 7.82. The monoisotopic (exact) mass is 411 g/mol. The van der Waals surface area contributed by atoms with Gasteiger partial charge in [-0.15, -0.1) is 0 Å². The van der Waals surface area contributed by atoms with Gasteiger partial charge in [-0.1, -0.05) is 23.2 Å². The van der Waals surface area contributed by atoms with Crippen LogP contribution in [0.5, 0.6) is 5.75 Å². The van der Waals surface area contributed by atoms with E-state index in [9.17, 15) is 4.79 Å². The number of nitrogens with one attached hydrogen (secondary N) is 3. The zero-order chi connectivity index (χ0) is 19.3. The van der Waals surface area contributed by atoms with Gasteiger partial charge in [0.05, 0.1) is 0 Å². The molecule has 0 saturated carbocycles. The molecule has 2 aromatic carbocycles. The van der Waals surface area contributed by atoms with Crippen molar-refractivity contribution >= 4 is 52.1 Å². The maximum atomic E-state index is 12.2. The van der Waals surface area contributed by atoms with E-state index in [2.05, 4.69) is 16.2 Å². The van der Waals surface area contributed by atoms with Crippen molar-refractivity contribution in [2.75, 3.05) is 5.32 Å². The lowest BCUT2D eigenvalue weighted by atomic mass is 10.1. The van der Waals surface area contributed by atoms with E-state index < -0.39 is 6.10 Å². The standard InChI is InChI=1S/C18H19Cl2N3O2S/c1-10-8-14(20)9-11(2)16(10)25-12(3)17(24)22-23-18(26)21-15-6-4-13(19)5-7-15/h4-9,12H,1-3H3,(H,22,24)(H2,21,23,26)/t12-/m1/s1. The van der Waals surface area contributed by atoms with Gasteiger partial charge in [0.25, 0.3) is 5.91 Å². The van der Waals surface area contributed by atoms with E-state index in [4.69, 9.17) is 40.2 Å². The van der Waals surface area contributed by atoms with Gasteiger partial charge in [-0.25, -0.2) is 0 Å². The quantitative estimate of drug-likeness (QED) is 0.514. The van der Waals surface area contributed by atoms with Gasteiger partial charge < -0.3 is 10.1 Å². The maximum Gasteiger partial charge on any atom is 0.279 e. The number of hydrazine groups is 1. The third-order valence-electron chi connectivity index (χ3n) is 3.49. The van der Waals surface area contributed by atoms with E-state index in [1.165, 1.54) is 0 Å². The maximum absolute atomic E-state index is 12.2. The topological polar surface area (TPSA) is 62.4 Å². The first-order valence-corrected chi connectivity index (χ1v) is 8.98. The van der Waals surface area contributed by atoms with Crippen LogP contribution in [0.15, 0.2) is 36.4 Å². The molecule has 0 aromatic heterocycles. The van der Waals surface area contributed by atoms with Crippen molar-refractivity contribution in [3.8, 4) is 5.75 Å². The molecule has 0 fully saturated rings. The number of aryl methyl sites for hydroxylation is 2. The van der Waals surface area contributed by atoms with Crippen molar-refractivity contribution in [1.82, 2.24) is 10.9 Å². The number of hydrogen-bond acceptors (Lipinski definition) is 3. The number of ether oxygens (including phenoxy) is 1. The minimum Gasteiger partial charge on any atom is -0.480 e. The SMILES string of the molecule is Cc1cc(Cl)cc(C)c1O[C@H](C)C(=O)NNC(=S)Nc1ccc(Cl)cc1. The summed E-state index contributed by atoms with van der Waals surface area (Å²) >= 11 is 17.0. The summed E-state index contributed by atoms with van der Waals surface area (Å²) in [5.41, 5.74) is 7.63. The van der Waals surface area contributed by atoms with Crippen LogP contribution in [0.4, 0.5) is 5.69 Å². The van der Waals surface area contributed by atoms with E-state index in [1.807, 2.05) is 13.8 Å². The molecule has 0 spiro atoms. The van der Waals surface area contributed by atoms with E-state index in [1.54, 1.807) is 43.3 Å². The van der Waals surface area contributed by atoms with E-state index in [0.717, 1.165) is 16.8 Å². The summed E-state index contributed by atoms with van der Waals surface area (Å²) in [6, 6.07) is 10.6. The second kappa shape index (κ2) is 9.07. The lowest BCUT2D eigenvalue weighted by Crippen LogP contribution is -2.48. The van der Waals surface area contributed by atoms with Crippen LogP contribution in [0, 0.1) is 13.8 Å². The Balaban J connectivity index is 1.87. The summed E-state index contributed by atoms with van der Waals surface area (Å²) in [6.45, 7) is 5.41. The highest BCUT2D eigenvalue weighted by Gasteiger charge is 2.17. The first-order chi connectivity index (χ1) is 12.3. The smallest absolute Gasteiger partial charge is 0.279 e. The van der Waals surface area contributed by atoms with E-state index >= 15 is 0 Å². The number of rotatable bonds is 4. The normalized spacial score (nSPS) is 11.4. The fourth-order valence-corrected chi connectivity index (χ4v) is 2.85. The van der Waals surface area contributed by atoms with Crippen molar-refractivity contribution < 1.29 is 9.53 Å². The average Bonchev–Trinajstić information content (AvgIpc) is 2.57. The molecule has 1 atom stereocenters. The molecular weight excluding hydrogens is 393 g/mol. The fourth-order valence-electron chi connectivity index (χ4n) is 2.23. The zero-order valence-electron chi connectivity index (χ0n) is 14.5. The molecule has 0 bridgehead atoms. The number of benzene rings is 2. The summed E-state index contributed by atoms with van der Waals surface area (Å²) in [7, 11) is 0. The zero-order valence-corrected chi connectivity index (χ0v) is 16.9. The third-order valence-corrected chi connectivity index (χ3v) is 4.16. The van der Waals surface area contributed by atoms with Crippen LogP contribution in [0.3, 0.4) is 0 Å². The second-order valence-corrected chi connectivity index (χ2v) is 6.99. The molecule has 2 rings (SSSR count). The number of halogens is 2. The Morgan fingerprint density at radius 1 is 1.04 bits per heavy atom. The van der Waals surface area contributed by atoms with Crippen LogP contribution in [0.25, 0.3) is 0 Å². The van der Waals surface area contributed by atoms with Crippen LogP contribution in [-0.2, 0) is 4.79 Å². The second-order valence-electron chi connectivity index (χ2n) is 5.70. The Morgan fingerprint density at radius 2 is 1.62 bits per heavy atom. The van der Waals surface area contributed by atoms with Crippen LogP contribution >= 0.6 is 35.4 Å². The van der Waals surface area contributed by atoms with E-state index in [-0.39, 0.29) is 11.0 Å². The minimum absolute atomic E-state index is 0.242. The summed E-state index contributed by atoms with van der Waals surface area (Å²) in [6.07, 6.45) is -0.723. The number of anilines is 1. The van der Waals surface area contributed by atoms with Gasteiger partial charge in [0.2, 0.25) is 0 Å². The highest BCUT2D eigenvalue weighted by atomic mass is 35.5. The number of carbonyl (C=O) groups is 1. The van der Waals surface area contributed by atoms with Crippen LogP contribution in [-0.4, -0.2) is 17.1 Å². The van der Waals surface area contributed by atoms with Gasteiger partial charge in [0.1, 0.15) is 5.75 Å². The molecule has 8 heteroatoms. The molecule has 2 aromatic rings. The van der Waals surface area contributed by atoms with Crippen molar-refractivity contribution in [3.05, 3.63) is 57.6 Å².